The third kappa shape index (κ3) is 4.75. The van der Waals surface area contributed by atoms with Gasteiger partial charge in [-0.15, -0.1) is 0 Å². The van der Waals surface area contributed by atoms with E-state index in [4.69, 9.17) is 0 Å². The number of rotatable bonds is 4. The van der Waals surface area contributed by atoms with Crippen LogP contribution < -0.4 is 10.2 Å². The fourth-order valence-electron chi connectivity index (χ4n) is 4.14. The summed E-state index contributed by atoms with van der Waals surface area (Å²) < 4.78 is 0. The number of hydrogen-bond donors (Lipinski definition) is 1. The van der Waals surface area contributed by atoms with Gasteiger partial charge in [0.05, 0.1) is 0 Å². The molecule has 1 N–H and O–H groups in total. The topological polar surface area (TPSA) is 65.5 Å². The first-order valence-corrected chi connectivity index (χ1v) is 10.6. The van der Waals surface area contributed by atoms with E-state index in [-0.39, 0.29) is 17.7 Å². The van der Waals surface area contributed by atoms with Crippen LogP contribution in [0.1, 0.15) is 42.5 Å². The highest BCUT2D eigenvalue weighted by molar-refractivity contribution is 5.95. The van der Waals surface area contributed by atoms with Gasteiger partial charge >= 0.3 is 0 Å². The molecule has 152 valence electrons. The summed E-state index contributed by atoms with van der Waals surface area (Å²) in [5.41, 5.74) is 1.55. The molecule has 0 aliphatic carbocycles. The van der Waals surface area contributed by atoms with E-state index in [1.165, 1.54) is 6.42 Å². The molecule has 0 atom stereocenters. The predicted octanol–water partition coefficient (Wildman–Crippen LogP) is 3.56. The van der Waals surface area contributed by atoms with Crippen molar-refractivity contribution in [2.45, 2.75) is 32.1 Å². The van der Waals surface area contributed by atoms with E-state index in [1.807, 2.05) is 41.3 Å². The van der Waals surface area contributed by atoms with Crippen LogP contribution in [0.3, 0.4) is 0 Å². The van der Waals surface area contributed by atoms with Gasteiger partial charge in [-0.1, -0.05) is 18.2 Å². The highest BCUT2D eigenvalue weighted by Crippen LogP contribution is 2.24. The van der Waals surface area contributed by atoms with Gasteiger partial charge in [-0.2, -0.15) is 0 Å². The average Bonchev–Trinajstić information content (AvgIpc) is 2.80. The number of nitrogens with zero attached hydrogens (tertiary/aromatic N) is 3. The fourth-order valence-corrected chi connectivity index (χ4v) is 4.14. The maximum Gasteiger partial charge on any atom is 0.254 e. The lowest BCUT2D eigenvalue weighted by Gasteiger charge is -2.32. The number of carbonyl (C=O) groups excluding carboxylic acids is 2. The number of anilines is 2. The Labute approximate surface area is 171 Å². The summed E-state index contributed by atoms with van der Waals surface area (Å²) in [6.07, 6.45) is 6.67. The van der Waals surface area contributed by atoms with Crippen LogP contribution in [0.15, 0.2) is 48.7 Å². The highest BCUT2D eigenvalue weighted by Gasteiger charge is 2.26. The van der Waals surface area contributed by atoms with E-state index in [0.717, 1.165) is 63.4 Å². The molecule has 6 heteroatoms. The Morgan fingerprint density at radius 3 is 2.38 bits per heavy atom. The molecular formula is C23H28N4O2. The number of carbonyl (C=O) groups is 2. The summed E-state index contributed by atoms with van der Waals surface area (Å²) in [5.74, 6) is 1.02. The van der Waals surface area contributed by atoms with Crippen molar-refractivity contribution in [3.63, 3.8) is 0 Å². The zero-order valence-corrected chi connectivity index (χ0v) is 16.7. The lowest BCUT2D eigenvalue weighted by atomic mass is 9.95. The smallest absolute Gasteiger partial charge is 0.254 e. The van der Waals surface area contributed by atoms with Crippen LogP contribution in [-0.2, 0) is 4.79 Å². The van der Waals surface area contributed by atoms with E-state index in [2.05, 4.69) is 15.2 Å². The van der Waals surface area contributed by atoms with Crippen LogP contribution in [-0.4, -0.2) is 47.9 Å². The molecule has 2 aromatic rings. The molecule has 2 amide bonds. The second-order valence-electron chi connectivity index (χ2n) is 7.87. The minimum absolute atomic E-state index is 0.00428. The van der Waals surface area contributed by atoms with Crippen molar-refractivity contribution in [2.24, 2.45) is 5.92 Å². The number of amides is 2. The Morgan fingerprint density at radius 2 is 1.66 bits per heavy atom. The van der Waals surface area contributed by atoms with Gasteiger partial charge in [0, 0.05) is 49.5 Å². The molecular weight excluding hydrogens is 364 g/mol. The standard InChI is InChI=1S/C23H28N4O2/c28-22(25-20-7-3-1-4-8-20)18-10-15-26(16-11-18)21-17-19(9-12-24-21)23(29)27-13-5-2-6-14-27/h1,3-4,7-9,12,17-18H,2,5-6,10-11,13-16H2,(H,25,28). The van der Waals surface area contributed by atoms with Crippen molar-refractivity contribution >= 4 is 23.3 Å². The van der Waals surface area contributed by atoms with Crippen LogP contribution in [0.5, 0.6) is 0 Å². The van der Waals surface area contributed by atoms with Gasteiger partial charge in [-0.3, -0.25) is 9.59 Å². The summed E-state index contributed by atoms with van der Waals surface area (Å²) in [7, 11) is 0. The zero-order valence-electron chi connectivity index (χ0n) is 16.7. The molecule has 2 aliphatic rings. The molecule has 0 unspecified atom stereocenters. The molecule has 0 radical (unpaired) electrons. The minimum Gasteiger partial charge on any atom is -0.357 e. The maximum atomic E-state index is 12.8. The normalized spacial score (nSPS) is 17.8. The largest absolute Gasteiger partial charge is 0.357 e. The summed E-state index contributed by atoms with van der Waals surface area (Å²) in [6, 6.07) is 13.3. The van der Waals surface area contributed by atoms with Crippen molar-refractivity contribution in [1.29, 1.82) is 0 Å². The monoisotopic (exact) mass is 392 g/mol. The van der Waals surface area contributed by atoms with E-state index in [1.54, 1.807) is 12.3 Å². The second-order valence-corrected chi connectivity index (χ2v) is 7.87. The molecule has 3 heterocycles. The minimum atomic E-state index is 0.00428. The SMILES string of the molecule is O=C(Nc1ccccc1)C1CCN(c2cc(C(=O)N3CCCCC3)ccn2)CC1. The highest BCUT2D eigenvalue weighted by atomic mass is 16.2. The molecule has 2 aliphatic heterocycles. The second kappa shape index (κ2) is 9.07. The van der Waals surface area contributed by atoms with Gasteiger partial charge in [0.2, 0.25) is 5.91 Å². The number of hydrogen-bond acceptors (Lipinski definition) is 4. The number of aromatic nitrogens is 1. The Hall–Kier alpha value is -2.89. The number of likely N-dealkylation sites (tertiary alicyclic amines) is 1. The Kier molecular flexibility index (Phi) is 6.08. The fraction of sp³-hybridized carbons (Fsp3) is 0.435. The first-order chi connectivity index (χ1) is 14.2. The molecule has 0 saturated carbocycles. The van der Waals surface area contributed by atoms with Crippen LogP contribution >= 0.6 is 0 Å². The predicted molar refractivity (Wildman–Crippen MR) is 114 cm³/mol. The summed E-state index contributed by atoms with van der Waals surface area (Å²) in [6.45, 7) is 3.22. The lowest BCUT2D eigenvalue weighted by molar-refractivity contribution is -0.120. The molecule has 1 aromatic carbocycles. The number of para-hydroxylation sites is 1. The quantitative estimate of drug-likeness (QED) is 0.864. The van der Waals surface area contributed by atoms with Gasteiger partial charge in [0.1, 0.15) is 5.82 Å². The van der Waals surface area contributed by atoms with Crippen molar-refractivity contribution < 1.29 is 9.59 Å². The van der Waals surface area contributed by atoms with E-state index >= 15 is 0 Å². The molecule has 1 aromatic heterocycles. The van der Waals surface area contributed by atoms with Crippen LogP contribution in [0.4, 0.5) is 11.5 Å². The van der Waals surface area contributed by atoms with Gasteiger partial charge in [-0.25, -0.2) is 4.98 Å². The average molecular weight is 393 g/mol. The van der Waals surface area contributed by atoms with Gasteiger partial charge < -0.3 is 15.1 Å². The van der Waals surface area contributed by atoms with E-state index in [0.29, 0.717) is 5.56 Å². The first kappa shape index (κ1) is 19.4. The van der Waals surface area contributed by atoms with Crippen LogP contribution in [0.2, 0.25) is 0 Å². The number of nitrogens with one attached hydrogen (secondary N) is 1. The zero-order chi connectivity index (χ0) is 20.1. The van der Waals surface area contributed by atoms with Crippen LogP contribution in [0.25, 0.3) is 0 Å². The summed E-state index contributed by atoms with van der Waals surface area (Å²) in [4.78, 5) is 33.9. The molecule has 2 fully saturated rings. The Bertz CT molecular complexity index is 841. The number of benzene rings is 1. The summed E-state index contributed by atoms with van der Waals surface area (Å²) >= 11 is 0. The molecule has 0 spiro atoms. The molecule has 2 saturated heterocycles. The Morgan fingerprint density at radius 1 is 0.931 bits per heavy atom. The number of piperidine rings is 2. The third-order valence-electron chi connectivity index (χ3n) is 5.87. The maximum absolute atomic E-state index is 12.8. The molecule has 0 bridgehead atoms. The van der Waals surface area contributed by atoms with Crippen molar-refractivity contribution in [3.05, 3.63) is 54.2 Å². The molecule has 29 heavy (non-hydrogen) atoms. The Balaban J connectivity index is 1.35. The van der Waals surface area contributed by atoms with E-state index in [9.17, 15) is 9.59 Å². The third-order valence-corrected chi connectivity index (χ3v) is 5.87. The van der Waals surface area contributed by atoms with Crippen molar-refractivity contribution in [2.75, 3.05) is 36.4 Å². The molecule has 6 nitrogen and oxygen atoms in total. The molecule has 4 rings (SSSR count). The van der Waals surface area contributed by atoms with Gasteiger partial charge in [0.15, 0.2) is 0 Å². The summed E-state index contributed by atoms with van der Waals surface area (Å²) in [5, 5.41) is 3.00. The first-order valence-electron chi connectivity index (χ1n) is 10.6. The van der Waals surface area contributed by atoms with Gasteiger partial charge in [0.25, 0.3) is 5.91 Å². The lowest BCUT2D eigenvalue weighted by Crippen LogP contribution is -2.39. The number of pyridine rings is 1. The van der Waals surface area contributed by atoms with Crippen LogP contribution in [0, 0.1) is 5.92 Å². The van der Waals surface area contributed by atoms with Gasteiger partial charge in [-0.05, 0) is 56.4 Å². The van der Waals surface area contributed by atoms with Crippen molar-refractivity contribution in [3.8, 4) is 0 Å². The van der Waals surface area contributed by atoms with Crippen molar-refractivity contribution in [1.82, 2.24) is 9.88 Å². The van der Waals surface area contributed by atoms with E-state index < -0.39 is 0 Å².